The Hall–Kier alpha value is -1.56. The van der Waals surface area contributed by atoms with E-state index in [4.69, 9.17) is 17.3 Å². The molecule has 2 rings (SSSR count). The summed E-state index contributed by atoms with van der Waals surface area (Å²) in [4.78, 5) is 0.170. The summed E-state index contributed by atoms with van der Waals surface area (Å²) < 4.78 is 27.3. The minimum absolute atomic E-state index is 0.170. The van der Waals surface area contributed by atoms with E-state index in [0.717, 1.165) is 5.56 Å². The van der Waals surface area contributed by atoms with Crippen molar-refractivity contribution in [2.75, 3.05) is 4.72 Å². The molecule has 0 radical (unpaired) electrons. The molecule has 2 aromatic rings. The molecule has 0 fully saturated rings. The minimum Gasteiger partial charge on any atom is -0.326 e. The van der Waals surface area contributed by atoms with Crippen molar-refractivity contribution < 1.29 is 8.42 Å². The molecule has 106 valence electrons. The molecule has 0 aliphatic heterocycles. The predicted molar refractivity (Wildman–Crippen MR) is 81.3 cm³/mol. The molecule has 3 N–H and O–H groups in total. The van der Waals surface area contributed by atoms with E-state index in [-0.39, 0.29) is 4.90 Å². The van der Waals surface area contributed by atoms with E-state index >= 15 is 0 Å². The Morgan fingerprint density at radius 2 is 1.90 bits per heavy atom. The Morgan fingerprint density at radius 1 is 1.20 bits per heavy atom. The van der Waals surface area contributed by atoms with E-state index in [1.807, 2.05) is 6.07 Å². The summed E-state index contributed by atoms with van der Waals surface area (Å²) in [5.74, 6) is 0. The van der Waals surface area contributed by atoms with Gasteiger partial charge in [0.15, 0.2) is 0 Å². The molecule has 0 spiro atoms. The van der Waals surface area contributed by atoms with Crippen molar-refractivity contribution in [3.05, 3.63) is 58.6 Å². The van der Waals surface area contributed by atoms with Crippen LogP contribution in [-0.2, 0) is 16.6 Å². The number of anilines is 1. The molecule has 6 heteroatoms. The lowest BCUT2D eigenvalue weighted by Crippen LogP contribution is -2.14. The van der Waals surface area contributed by atoms with Crippen LogP contribution in [0.4, 0.5) is 5.69 Å². The number of hydrogen-bond acceptors (Lipinski definition) is 3. The summed E-state index contributed by atoms with van der Waals surface area (Å²) >= 11 is 5.96. The molecule has 0 amide bonds. The van der Waals surface area contributed by atoms with E-state index < -0.39 is 10.0 Å². The fraction of sp³-hybridized carbons (Fsp3) is 0.143. The predicted octanol–water partition coefficient (Wildman–Crippen LogP) is 2.91. The van der Waals surface area contributed by atoms with Crippen LogP contribution in [0.1, 0.15) is 11.1 Å². The van der Waals surface area contributed by atoms with Crippen LogP contribution in [-0.4, -0.2) is 8.42 Å². The number of nitrogens with one attached hydrogen (secondary N) is 1. The highest BCUT2D eigenvalue weighted by Gasteiger charge is 2.18. The number of benzene rings is 2. The van der Waals surface area contributed by atoms with Gasteiger partial charge in [0, 0.05) is 17.3 Å². The monoisotopic (exact) mass is 310 g/mol. The van der Waals surface area contributed by atoms with Gasteiger partial charge in [-0.15, -0.1) is 0 Å². The topological polar surface area (TPSA) is 72.2 Å². The first-order valence-electron chi connectivity index (χ1n) is 6.01. The van der Waals surface area contributed by atoms with Gasteiger partial charge in [-0.1, -0.05) is 29.8 Å². The van der Waals surface area contributed by atoms with Crippen molar-refractivity contribution in [1.29, 1.82) is 0 Å². The van der Waals surface area contributed by atoms with Gasteiger partial charge in [0.1, 0.15) is 0 Å². The average Bonchev–Trinajstić information content (AvgIpc) is 2.41. The maximum Gasteiger partial charge on any atom is 0.262 e. The number of hydrogen-bond donors (Lipinski definition) is 2. The largest absolute Gasteiger partial charge is 0.326 e. The average molecular weight is 311 g/mol. The molecule has 0 saturated heterocycles. The van der Waals surface area contributed by atoms with Crippen molar-refractivity contribution in [3.63, 3.8) is 0 Å². The van der Waals surface area contributed by atoms with Crippen LogP contribution >= 0.6 is 11.6 Å². The van der Waals surface area contributed by atoms with Crippen LogP contribution in [0.3, 0.4) is 0 Å². The van der Waals surface area contributed by atoms with E-state index in [1.54, 1.807) is 37.3 Å². The van der Waals surface area contributed by atoms with E-state index in [9.17, 15) is 8.42 Å². The van der Waals surface area contributed by atoms with Crippen LogP contribution in [0.5, 0.6) is 0 Å². The highest BCUT2D eigenvalue weighted by Crippen LogP contribution is 2.24. The number of nitrogens with two attached hydrogens (primary N) is 1. The Bertz CT molecular complexity index is 730. The molecule has 0 bridgehead atoms. The molecule has 0 aliphatic rings. The van der Waals surface area contributed by atoms with Crippen molar-refractivity contribution in [3.8, 4) is 0 Å². The van der Waals surface area contributed by atoms with Crippen molar-refractivity contribution in [2.45, 2.75) is 18.4 Å². The third kappa shape index (κ3) is 3.12. The fourth-order valence-corrected chi connectivity index (χ4v) is 3.40. The molecular formula is C14H15ClN2O2S. The maximum atomic E-state index is 12.4. The molecule has 0 aromatic heterocycles. The smallest absolute Gasteiger partial charge is 0.262 e. The van der Waals surface area contributed by atoms with Crippen molar-refractivity contribution >= 4 is 27.3 Å². The lowest BCUT2D eigenvalue weighted by molar-refractivity contribution is 0.600. The Morgan fingerprint density at radius 3 is 2.60 bits per heavy atom. The zero-order valence-electron chi connectivity index (χ0n) is 10.9. The Kier molecular flexibility index (Phi) is 4.32. The fourth-order valence-electron chi connectivity index (χ4n) is 1.85. The minimum atomic E-state index is -3.67. The molecule has 0 aliphatic carbocycles. The van der Waals surface area contributed by atoms with E-state index in [2.05, 4.69) is 4.72 Å². The summed E-state index contributed by atoms with van der Waals surface area (Å²) in [5, 5.41) is 0.420. The van der Waals surface area contributed by atoms with Gasteiger partial charge in [-0.05, 0) is 42.3 Å². The highest BCUT2D eigenvalue weighted by atomic mass is 35.5. The van der Waals surface area contributed by atoms with Gasteiger partial charge in [0.2, 0.25) is 0 Å². The lowest BCUT2D eigenvalue weighted by atomic mass is 10.2. The molecule has 0 atom stereocenters. The van der Waals surface area contributed by atoms with Gasteiger partial charge in [0.25, 0.3) is 10.0 Å². The first kappa shape index (κ1) is 14.8. The second-order valence-corrected chi connectivity index (χ2v) is 6.43. The van der Waals surface area contributed by atoms with Crippen LogP contribution in [0, 0.1) is 6.92 Å². The van der Waals surface area contributed by atoms with Crippen molar-refractivity contribution in [2.24, 2.45) is 5.73 Å². The van der Waals surface area contributed by atoms with Crippen LogP contribution in [0.25, 0.3) is 0 Å². The number of rotatable bonds is 4. The maximum absolute atomic E-state index is 12.4. The second-order valence-electron chi connectivity index (χ2n) is 4.37. The molecule has 0 unspecified atom stereocenters. The highest BCUT2D eigenvalue weighted by molar-refractivity contribution is 7.92. The van der Waals surface area contributed by atoms with Gasteiger partial charge in [-0.3, -0.25) is 4.72 Å². The summed E-state index contributed by atoms with van der Waals surface area (Å²) in [7, 11) is -3.67. The third-order valence-corrected chi connectivity index (χ3v) is 4.86. The second kappa shape index (κ2) is 5.83. The summed E-state index contributed by atoms with van der Waals surface area (Å²) in [6, 6.07) is 11.8. The van der Waals surface area contributed by atoms with Gasteiger partial charge >= 0.3 is 0 Å². The summed E-state index contributed by atoms with van der Waals surface area (Å²) in [6.45, 7) is 2.03. The van der Waals surface area contributed by atoms with Gasteiger partial charge in [0.05, 0.1) is 4.90 Å². The number of sulfonamides is 1. The Balaban J connectivity index is 2.38. The van der Waals surface area contributed by atoms with Crippen LogP contribution < -0.4 is 10.5 Å². The van der Waals surface area contributed by atoms with Crippen molar-refractivity contribution in [1.82, 2.24) is 0 Å². The van der Waals surface area contributed by atoms with Crippen LogP contribution in [0.15, 0.2) is 47.4 Å². The standard InChI is InChI=1S/C14H15ClN2O2S/c1-10-13(15)6-3-7-14(10)20(18,19)17-12-5-2-4-11(8-12)9-16/h2-8,17H,9,16H2,1H3. The van der Waals surface area contributed by atoms with E-state index in [1.165, 1.54) is 6.07 Å². The van der Waals surface area contributed by atoms with Gasteiger partial charge < -0.3 is 5.73 Å². The molecule has 4 nitrogen and oxygen atoms in total. The lowest BCUT2D eigenvalue weighted by Gasteiger charge is -2.11. The Labute approximate surface area is 123 Å². The van der Waals surface area contributed by atoms with Crippen LogP contribution in [0.2, 0.25) is 5.02 Å². The summed E-state index contributed by atoms with van der Waals surface area (Å²) in [6.07, 6.45) is 0. The molecule has 0 heterocycles. The molecule has 20 heavy (non-hydrogen) atoms. The van der Waals surface area contributed by atoms with E-state index in [0.29, 0.717) is 22.8 Å². The first-order chi connectivity index (χ1) is 9.44. The molecule has 0 saturated carbocycles. The number of halogens is 1. The SMILES string of the molecule is Cc1c(Cl)cccc1S(=O)(=O)Nc1cccc(CN)c1. The summed E-state index contributed by atoms with van der Waals surface area (Å²) in [5.41, 5.74) is 7.40. The molecule has 2 aromatic carbocycles. The quantitative estimate of drug-likeness (QED) is 0.912. The molecular weight excluding hydrogens is 296 g/mol. The van der Waals surface area contributed by atoms with Gasteiger partial charge in [-0.2, -0.15) is 0 Å². The van der Waals surface area contributed by atoms with Gasteiger partial charge in [-0.25, -0.2) is 8.42 Å². The first-order valence-corrected chi connectivity index (χ1v) is 7.87. The third-order valence-electron chi connectivity index (χ3n) is 2.92. The zero-order chi connectivity index (χ0) is 14.8. The zero-order valence-corrected chi connectivity index (χ0v) is 12.5. The normalized spacial score (nSPS) is 11.3.